The molecule has 0 aliphatic heterocycles. The van der Waals surface area contributed by atoms with E-state index in [1.807, 2.05) is 37.4 Å². The molecular weight excluding hydrogens is 531 g/mol. The van der Waals surface area contributed by atoms with Crippen molar-refractivity contribution < 1.29 is 22.7 Å². The Hall–Kier alpha value is -3.76. The molecule has 40 heavy (non-hydrogen) atoms. The number of fused-ring (bicyclic) bond motifs is 1. The van der Waals surface area contributed by atoms with E-state index in [0.29, 0.717) is 29.5 Å². The van der Waals surface area contributed by atoms with Crippen molar-refractivity contribution in [2.24, 2.45) is 7.05 Å². The number of benzene rings is 3. The highest BCUT2D eigenvalue weighted by molar-refractivity contribution is 7.90. The number of carbonyl (C=O) groups is 1. The Morgan fingerprint density at radius 3 is 2.45 bits per heavy atom. The largest absolute Gasteiger partial charge is 0.393 e. The highest BCUT2D eigenvalue weighted by atomic mass is 32.2. The van der Waals surface area contributed by atoms with Crippen molar-refractivity contribution in [3.05, 3.63) is 77.1 Å². The summed E-state index contributed by atoms with van der Waals surface area (Å²) in [5.41, 5.74) is 4.72. The molecule has 0 saturated heterocycles. The number of hydrogen-bond donors (Lipinski definition) is 3. The molecular formula is C30H33FN4O4S. The molecule has 0 radical (unpaired) electrons. The lowest BCUT2D eigenvalue weighted by Gasteiger charge is -2.26. The Bertz CT molecular complexity index is 1670. The first-order chi connectivity index (χ1) is 19.0. The smallest absolute Gasteiger partial charge is 0.251 e. The molecule has 0 bridgehead atoms. The second kappa shape index (κ2) is 11.0. The summed E-state index contributed by atoms with van der Waals surface area (Å²) in [5.74, 6) is -0.683. The number of nitrogens with one attached hydrogen (secondary N) is 2. The predicted molar refractivity (Wildman–Crippen MR) is 153 cm³/mol. The van der Waals surface area contributed by atoms with E-state index in [9.17, 15) is 22.7 Å². The Kier molecular flexibility index (Phi) is 7.65. The monoisotopic (exact) mass is 564 g/mol. The number of halogens is 1. The first kappa shape index (κ1) is 27.8. The van der Waals surface area contributed by atoms with Crippen LogP contribution in [0.1, 0.15) is 47.2 Å². The molecule has 1 heterocycles. The molecule has 5 rings (SSSR count). The van der Waals surface area contributed by atoms with Gasteiger partial charge in [-0.05, 0) is 80.1 Å². The number of aliphatic hydroxyl groups excluding tert-OH is 1. The van der Waals surface area contributed by atoms with Crippen LogP contribution in [-0.2, 0) is 23.4 Å². The third kappa shape index (κ3) is 5.88. The number of aryl methyl sites for hydroxylation is 2. The summed E-state index contributed by atoms with van der Waals surface area (Å²) >= 11 is 0. The molecule has 4 aromatic rings. The van der Waals surface area contributed by atoms with Crippen LogP contribution >= 0.6 is 0 Å². The van der Waals surface area contributed by atoms with Crippen molar-refractivity contribution in [3.8, 4) is 11.3 Å². The molecule has 1 fully saturated rings. The summed E-state index contributed by atoms with van der Waals surface area (Å²) in [6.45, 7) is 1.81. The number of aromatic nitrogens is 2. The van der Waals surface area contributed by atoms with Gasteiger partial charge in [0.1, 0.15) is 11.5 Å². The fourth-order valence-electron chi connectivity index (χ4n) is 5.26. The van der Waals surface area contributed by atoms with Gasteiger partial charge < -0.3 is 15.7 Å². The molecule has 1 saturated carbocycles. The Morgan fingerprint density at radius 2 is 1.77 bits per heavy atom. The zero-order valence-corrected chi connectivity index (χ0v) is 23.6. The highest BCUT2D eigenvalue weighted by Crippen LogP contribution is 2.31. The number of aliphatic hydroxyl groups is 1. The van der Waals surface area contributed by atoms with Gasteiger partial charge >= 0.3 is 0 Å². The third-order valence-corrected chi connectivity index (χ3v) is 8.71. The van der Waals surface area contributed by atoms with E-state index in [4.69, 9.17) is 5.10 Å². The summed E-state index contributed by atoms with van der Waals surface area (Å²) in [7, 11) is -1.74. The lowest BCUT2D eigenvalue weighted by Crippen LogP contribution is -2.38. The van der Waals surface area contributed by atoms with E-state index in [0.717, 1.165) is 53.0 Å². The maximum Gasteiger partial charge on any atom is 0.251 e. The zero-order valence-electron chi connectivity index (χ0n) is 22.7. The third-order valence-electron chi connectivity index (χ3n) is 7.53. The number of amides is 1. The van der Waals surface area contributed by atoms with Crippen LogP contribution in [-0.4, -0.2) is 47.6 Å². The average molecular weight is 565 g/mol. The van der Waals surface area contributed by atoms with Crippen molar-refractivity contribution >= 4 is 32.3 Å². The van der Waals surface area contributed by atoms with Gasteiger partial charge in [-0.2, -0.15) is 5.10 Å². The molecule has 0 spiro atoms. The van der Waals surface area contributed by atoms with Gasteiger partial charge in [0.15, 0.2) is 9.84 Å². The number of sulfone groups is 1. The lowest BCUT2D eigenvalue weighted by molar-refractivity contribution is 0.0867. The van der Waals surface area contributed by atoms with Crippen LogP contribution in [0.3, 0.4) is 0 Å². The molecule has 1 aromatic heterocycles. The molecule has 10 heteroatoms. The normalized spacial score (nSPS) is 17.6. The van der Waals surface area contributed by atoms with Crippen molar-refractivity contribution in [3.63, 3.8) is 0 Å². The standard InChI is InChI=1S/C30H33FN4O4S/c1-18-14-21(28(16-26(18)31)40(3,38)39)17-32-23-10-13-27-25(15-23)29(34-35(27)2)19-4-6-20(7-5-19)30(37)33-22-8-11-24(36)12-9-22/h4-7,10,13-16,22,24,32,36H,8-9,11-12,17H2,1-3H3,(H,33,37). The van der Waals surface area contributed by atoms with E-state index in [1.54, 1.807) is 29.8 Å². The SMILES string of the molecule is Cc1cc(CNc2ccc3c(c2)c(-c2ccc(C(=O)NC4CCC(O)CC4)cc2)nn3C)c(S(C)(=O)=O)cc1F. The van der Waals surface area contributed by atoms with Gasteiger partial charge in [0.05, 0.1) is 16.5 Å². The number of rotatable bonds is 7. The summed E-state index contributed by atoms with van der Waals surface area (Å²) in [5, 5.41) is 21.6. The minimum absolute atomic E-state index is 0.0311. The maximum absolute atomic E-state index is 14.1. The van der Waals surface area contributed by atoms with Crippen LogP contribution in [0.4, 0.5) is 10.1 Å². The summed E-state index contributed by atoms with van der Waals surface area (Å²) < 4.78 is 40.4. The first-order valence-corrected chi connectivity index (χ1v) is 15.2. The van der Waals surface area contributed by atoms with Crippen LogP contribution in [0.25, 0.3) is 22.2 Å². The zero-order chi connectivity index (χ0) is 28.6. The summed E-state index contributed by atoms with van der Waals surface area (Å²) in [6, 6.07) is 15.8. The van der Waals surface area contributed by atoms with Gasteiger partial charge in [0.2, 0.25) is 0 Å². The van der Waals surface area contributed by atoms with Crippen LogP contribution in [0.5, 0.6) is 0 Å². The lowest BCUT2D eigenvalue weighted by atomic mass is 9.93. The van der Waals surface area contributed by atoms with E-state index >= 15 is 0 Å². The van der Waals surface area contributed by atoms with Crippen LogP contribution in [0.2, 0.25) is 0 Å². The molecule has 1 aliphatic carbocycles. The van der Waals surface area contributed by atoms with Crippen molar-refractivity contribution in [1.29, 1.82) is 0 Å². The molecule has 8 nitrogen and oxygen atoms in total. The van der Waals surface area contributed by atoms with Gasteiger partial charge in [-0.25, -0.2) is 12.8 Å². The maximum atomic E-state index is 14.1. The summed E-state index contributed by atoms with van der Waals surface area (Å²) in [6.07, 6.45) is 3.76. The number of carbonyl (C=O) groups excluding carboxylic acids is 1. The topological polar surface area (TPSA) is 113 Å². The van der Waals surface area contributed by atoms with Crippen molar-refractivity contribution in [2.75, 3.05) is 11.6 Å². The first-order valence-electron chi connectivity index (χ1n) is 13.3. The molecule has 0 atom stereocenters. The van der Waals surface area contributed by atoms with Gasteiger partial charge in [-0.1, -0.05) is 18.2 Å². The molecule has 1 amide bonds. The number of nitrogens with zero attached hydrogens (tertiary/aromatic N) is 2. The van der Waals surface area contributed by atoms with Gasteiger partial charge in [-0.3, -0.25) is 9.48 Å². The minimum Gasteiger partial charge on any atom is -0.393 e. The Balaban J connectivity index is 1.36. The predicted octanol–water partition coefficient (Wildman–Crippen LogP) is 4.74. The molecule has 1 aliphatic rings. The number of anilines is 1. The fraction of sp³-hybridized carbons (Fsp3) is 0.333. The van der Waals surface area contributed by atoms with Gasteiger partial charge in [0, 0.05) is 48.1 Å². The van der Waals surface area contributed by atoms with Gasteiger partial charge in [-0.15, -0.1) is 0 Å². The summed E-state index contributed by atoms with van der Waals surface area (Å²) in [4.78, 5) is 12.7. The van der Waals surface area contributed by atoms with Crippen LogP contribution in [0, 0.1) is 12.7 Å². The quantitative estimate of drug-likeness (QED) is 0.299. The minimum atomic E-state index is -3.60. The second-order valence-corrected chi connectivity index (χ2v) is 12.6. The van der Waals surface area contributed by atoms with Crippen molar-refractivity contribution in [1.82, 2.24) is 15.1 Å². The molecule has 3 aromatic carbocycles. The highest BCUT2D eigenvalue weighted by Gasteiger charge is 2.22. The molecule has 210 valence electrons. The van der Waals surface area contributed by atoms with E-state index < -0.39 is 15.7 Å². The Labute approximate surface area is 233 Å². The van der Waals surface area contributed by atoms with Gasteiger partial charge in [0.25, 0.3) is 5.91 Å². The second-order valence-electron chi connectivity index (χ2n) is 10.6. The fourth-order valence-corrected chi connectivity index (χ4v) is 6.19. The Morgan fingerprint density at radius 1 is 1.07 bits per heavy atom. The van der Waals surface area contributed by atoms with Crippen LogP contribution < -0.4 is 10.6 Å². The van der Waals surface area contributed by atoms with E-state index in [2.05, 4.69) is 10.6 Å². The van der Waals surface area contributed by atoms with E-state index in [-0.39, 0.29) is 29.5 Å². The average Bonchev–Trinajstić information content (AvgIpc) is 3.25. The van der Waals surface area contributed by atoms with E-state index in [1.165, 1.54) is 0 Å². The number of hydrogen-bond acceptors (Lipinski definition) is 6. The molecule has 0 unspecified atom stereocenters. The molecule has 3 N–H and O–H groups in total. The van der Waals surface area contributed by atoms with Crippen LogP contribution in [0.15, 0.2) is 59.5 Å². The van der Waals surface area contributed by atoms with Crippen molar-refractivity contribution in [2.45, 2.75) is 56.2 Å².